The molecular formula is C25H32N4O. The molecule has 2 aromatic heterocycles. The van der Waals surface area contributed by atoms with Gasteiger partial charge in [0.2, 0.25) is 5.91 Å². The number of rotatable bonds is 5. The Bertz CT molecular complexity index is 893. The second-order valence-electron chi connectivity index (χ2n) is 10.5. The summed E-state index contributed by atoms with van der Waals surface area (Å²) >= 11 is 0. The minimum Gasteiger partial charge on any atom is -0.350 e. The van der Waals surface area contributed by atoms with Crippen molar-refractivity contribution >= 4 is 5.91 Å². The molecular weight excluding hydrogens is 372 g/mol. The summed E-state index contributed by atoms with van der Waals surface area (Å²) in [5.41, 5.74) is 3.20. The molecule has 5 heteroatoms. The van der Waals surface area contributed by atoms with E-state index in [1.807, 2.05) is 12.4 Å². The standard InChI is InChI=1S/C25H32N4O/c30-24(25-13-17-9-18(14-25)11-19(10-17)15-25)27-16-21-12-23(20-5-7-26-8-6-20)29(28-21)22-3-1-2-4-22/h5-8,12,17-19,22H,1-4,9-11,13-16H2,(H,27,30). The first kappa shape index (κ1) is 18.6. The van der Waals surface area contributed by atoms with E-state index in [9.17, 15) is 4.79 Å². The molecule has 30 heavy (non-hydrogen) atoms. The summed E-state index contributed by atoms with van der Waals surface area (Å²) in [6.07, 6.45) is 16.1. The van der Waals surface area contributed by atoms with Crippen LogP contribution in [0.1, 0.15) is 75.9 Å². The minimum atomic E-state index is -0.0866. The van der Waals surface area contributed by atoms with Gasteiger partial charge in [0.1, 0.15) is 0 Å². The van der Waals surface area contributed by atoms with Crippen LogP contribution in [0.4, 0.5) is 0 Å². The fourth-order valence-electron chi connectivity index (χ4n) is 7.44. The Morgan fingerprint density at radius 3 is 2.30 bits per heavy atom. The fraction of sp³-hybridized carbons (Fsp3) is 0.640. The molecule has 5 aliphatic carbocycles. The van der Waals surface area contributed by atoms with Crippen LogP contribution in [0.15, 0.2) is 30.6 Å². The van der Waals surface area contributed by atoms with Crippen LogP contribution in [0.25, 0.3) is 11.3 Å². The lowest BCUT2D eigenvalue weighted by Crippen LogP contribution is -2.53. The molecule has 0 saturated heterocycles. The maximum absolute atomic E-state index is 13.3. The predicted octanol–water partition coefficient (Wildman–Crippen LogP) is 4.89. The SMILES string of the molecule is O=C(NCc1cc(-c2ccncc2)n(C2CCCC2)n1)C12CC3CC(CC(C3)C1)C2. The van der Waals surface area contributed by atoms with Crippen molar-refractivity contribution in [1.29, 1.82) is 0 Å². The summed E-state index contributed by atoms with van der Waals surface area (Å²) in [5.74, 6) is 2.67. The third-order valence-corrected chi connectivity index (χ3v) is 8.38. The third kappa shape index (κ3) is 3.17. The number of pyridine rings is 1. The van der Waals surface area contributed by atoms with Gasteiger partial charge in [0.05, 0.1) is 24.0 Å². The maximum atomic E-state index is 13.3. The van der Waals surface area contributed by atoms with E-state index < -0.39 is 0 Å². The number of carbonyl (C=O) groups excluding carboxylic acids is 1. The Kier molecular flexibility index (Phi) is 4.47. The summed E-state index contributed by atoms with van der Waals surface area (Å²) in [5, 5.41) is 8.28. The smallest absolute Gasteiger partial charge is 0.226 e. The van der Waals surface area contributed by atoms with E-state index in [4.69, 9.17) is 5.10 Å². The number of nitrogens with zero attached hydrogens (tertiary/aromatic N) is 3. The van der Waals surface area contributed by atoms with Gasteiger partial charge in [-0.2, -0.15) is 5.10 Å². The highest BCUT2D eigenvalue weighted by molar-refractivity contribution is 5.83. The van der Waals surface area contributed by atoms with Gasteiger partial charge >= 0.3 is 0 Å². The normalized spacial score (nSPS) is 32.6. The van der Waals surface area contributed by atoms with Gasteiger partial charge in [0.15, 0.2) is 0 Å². The molecule has 0 aliphatic heterocycles. The summed E-state index contributed by atoms with van der Waals surface area (Å²) < 4.78 is 2.22. The summed E-state index contributed by atoms with van der Waals surface area (Å²) in [7, 11) is 0. The molecule has 7 rings (SSSR count). The quantitative estimate of drug-likeness (QED) is 0.772. The topological polar surface area (TPSA) is 59.8 Å². The lowest BCUT2D eigenvalue weighted by molar-refractivity contribution is -0.146. The van der Waals surface area contributed by atoms with Gasteiger partial charge < -0.3 is 5.32 Å². The molecule has 1 N–H and O–H groups in total. The fourth-order valence-corrected chi connectivity index (χ4v) is 7.44. The van der Waals surface area contributed by atoms with Crippen molar-refractivity contribution in [3.63, 3.8) is 0 Å². The zero-order chi connectivity index (χ0) is 20.1. The van der Waals surface area contributed by atoms with Crippen LogP contribution in [-0.2, 0) is 11.3 Å². The number of aromatic nitrogens is 3. The van der Waals surface area contributed by atoms with Crippen molar-refractivity contribution in [2.24, 2.45) is 23.2 Å². The first-order valence-corrected chi connectivity index (χ1v) is 12.0. The van der Waals surface area contributed by atoms with Crippen molar-refractivity contribution in [2.75, 3.05) is 0 Å². The molecule has 2 aromatic rings. The summed E-state index contributed by atoms with van der Waals surface area (Å²) in [4.78, 5) is 17.5. The largest absolute Gasteiger partial charge is 0.350 e. The van der Waals surface area contributed by atoms with Crippen molar-refractivity contribution in [2.45, 2.75) is 76.8 Å². The number of nitrogens with one attached hydrogen (secondary N) is 1. The Hall–Kier alpha value is -2.17. The van der Waals surface area contributed by atoms with Crippen LogP contribution >= 0.6 is 0 Å². The van der Waals surface area contributed by atoms with Gasteiger partial charge in [-0.15, -0.1) is 0 Å². The van der Waals surface area contributed by atoms with Crippen LogP contribution in [0, 0.1) is 23.2 Å². The highest BCUT2D eigenvalue weighted by atomic mass is 16.2. The van der Waals surface area contributed by atoms with E-state index in [1.165, 1.54) is 44.9 Å². The first-order valence-electron chi connectivity index (χ1n) is 12.0. The number of hydrogen-bond donors (Lipinski definition) is 1. The second kappa shape index (κ2) is 7.21. The van der Waals surface area contributed by atoms with Gasteiger partial charge in [-0.3, -0.25) is 14.5 Å². The Labute approximate surface area is 178 Å². The van der Waals surface area contributed by atoms with Crippen LogP contribution < -0.4 is 5.32 Å². The van der Waals surface area contributed by atoms with Gasteiger partial charge in [-0.1, -0.05) is 12.8 Å². The van der Waals surface area contributed by atoms with E-state index in [2.05, 4.69) is 33.2 Å². The van der Waals surface area contributed by atoms with Crippen molar-refractivity contribution in [3.05, 3.63) is 36.3 Å². The van der Waals surface area contributed by atoms with Crippen molar-refractivity contribution in [1.82, 2.24) is 20.1 Å². The maximum Gasteiger partial charge on any atom is 0.226 e. The second-order valence-corrected chi connectivity index (χ2v) is 10.5. The first-order chi connectivity index (χ1) is 14.7. The minimum absolute atomic E-state index is 0.0866. The van der Waals surface area contributed by atoms with E-state index in [1.54, 1.807) is 0 Å². The number of hydrogen-bond acceptors (Lipinski definition) is 3. The molecule has 4 bridgehead atoms. The molecule has 2 heterocycles. The third-order valence-electron chi connectivity index (χ3n) is 8.38. The molecule has 0 aromatic carbocycles. The van der Waals surface area contributed by atoms with E-state index >= 15 is 0 Å². The van der Waals surface area contributed by atoms with E-state index in [-0.39, 0.29) is 5.41 Å². The molecule has 0 spiro atoms. The Morgan fingerprint density at radius 2 is 1.67 bits per heavy atom. The van der Waals surface area contributed by atoms with Crippen LogP contribution in [0.5, 0.6) is 0 Å². The van der Waals surface area contributed by atoms with Gasteiger partial charge in [0.25, 0.3) is 0 Å². The monoisotopic (exact) mass is 404 g/mol. The molecule has 158 valence electrons. The van der Waals surface area contributed by atoms with Crippen molar-refractivity contribution in [3.8, 4) is 11.3 Å². The van der Waals surface area contributed by atoms with E-state index in [0.29, 0.717) is 18.5 Å². The summed E-state index contributed by atoms with van der Waals surface area (Å²) in [6, 6.07) is 6.76. The summed E-state index contributed by atoms with van der Waals surface area (Å²) in [6.45, 7) is 0.540. The zero-order valence-corrected chi connectivity index (χ0v) is 17.7. The van der Waals surface area contributed by atoms with Gasteiger partial charge in [-0.05, 0) is 87.3 Å². The number of carbonyl (C=O) groups is 1. The molecule has 5 nitrogen and oxygen atoms in total. The molecule has 0 atom stereocenters. The lowest BCUT2D eigenvalue weighted by atomic mass is 9.49. The lowest BCUT2D eigenvalue weighted by Gasteiger charge is -2.55. The average Bonchev–Trinajstić information content (AvgIpc) is 3.41. The zero-order valence-electron chi connectivity index (χ0n) is 17.7. The highest BCUT2D eigenvalue weighted by Gasteiger charge is 2.54. The number of amides is 1. The van der Waals surface area contributed by atoms with E-state index in [0.717, 1.165) is 54.0 Å². The van der Waals surface area contributed by atoms with Gasteiger partial charge in [-0.25, -0.2) is 0 Å². The molecule has 1 amide bonds. The Balaban J connectivity index is 1.21. The molecule has 5 saturated carbocycles. The van der Waals surface area contributed by atoms with Crippen LogP contribution in [-0.4, -0.2) is 20.7 Å². The molecule has 5 fully saturated rings. The van der Waals surface area contributed by atoms with Crippen molar-refractivity contribution < 1.29 is 4.79 Å². The van der Waals surface area contributed by atoms with Gasteiger partial charge in [0, 0.05) is 23.4 Å². The van der Waals surface area contributed by atoms with Crippen LogP contribution in [0.2, 0.25) is 0 Å². The molecule has 5 aliphatic rings. The highest BCUT2D eigenvalue weighted by Crippen LogP contribution is 2.60. The molecule has 0 radical (unpaired) electrons. The molecule has 0 unspecified atom stereocenters. The average molecular weight is 405 g/mol. The predicted molar refractivity (Wildman–Crippen MR) is 115 cm³/mol. The Morgan fingerprint density at radius 1 is 1.03 bits per heavy atom. The van der Waals surface area contributed by atoms with Crippen LogP contribution in [0.3, 0.4) is 0 Å².